The number of sulfonamides is 1. The molecule has 1 aromatic heterocycles. The van der Waals surface area contributed by atoms with Gasteiger partial charge in [-0.25, -0.2) is 13.4 Å². The van der Waals surface area contributed by atoms with E-state index in [0.717, 1.165) is 13.0 Å². The molecule has 106 valence electrons. The third kappa shape index (κ3) is 2.87. The summed E-state index contributed by atoms with van der Waals surface area (Å²) in [5.74, 6) is 0.656. The van der Waals surface area contributed by atoms with Gasteiger partial charge in [0.05, 0.1) is 6.54 Å². The Bertz CT molecular complexity index is 577. The van der Waals surface area contributed by atoms with E-state index < -0.39 is 10.0 Å². The first-order chi connectivity index (χ1) is 8.95. The highest BCUT2D eigenvalue weighted by atomic mass is 32.2. The van der Waals surface area contributed by atoms with Crippen LogP contribution in [0.4, 0.5) is 0 Å². The number of hydrogen-bond acceptors (Lipinski definition) is 4. The van der Waals surface area contributed by atoms with E-state index in [-0.39, 0.29) is 17.4 Å². The summed E-state index contributed by atoms with van der Waals surface area (Å²) in [6.07, 6.45) is 3.54. The summed E-state index contributed by atoms with van der Waals surface area (Å²) in [5.41, 5.74) is 0. The Hall–Kier alpha value is -1.21. The van der Waals surface area contributed by atoms with Gasteiger partial charge in [0.25, 0.3) is 10.0 Å². The van der Waals surface area contributed by atoms with Crippen molar-refractivity contribution in [2.45, 2.75) is 44.7 Å². The number of piperidine rings is 1. The van der Waals surface area contributed by atoms with E-state index in [1.165, 1.54) is 4.31 Å². The van der Waals surface area contributed by atoms with Crippen LogP contribution < -0.4 is 0 Å². The molecular weight excluding hydrogens is 266 g/mol. The van der Waals surface area contributed by atoms with Gasteiger partial charge < -0.3 is 4.57 Å². The second kappa shape index (κ2) is 5.42. The highest BCUT2D eigenvalue weighted by Gasteiger charge is 2.31. The highest BCUT2D eigenvalue weighted by Crippen LogP contribution is 2.19. The molecule has 0 unspecified atom stereocenters. The molecule has 0 atom stereocenters. The van der Waals surface area contributed by atoms with Gasteiger partial charge in [-0.2, -0.15) is 4.31 Å². The van der Waals surface area contributed by atoms with Crippen molar-refractivity contribution in [3.63, 3.8) is 0 Å². The first-order valence-electron chi connectivity index (χ1n) is 6.50. The molecule has 7 heteroatoms. The Morgan fingerprint density at radius 2 is 2.16 bits per heavy atom. The van der Waals surface area contributed by atoms with Crippen LogP contribution in [0, 0.1) is 6.92 Å². The number of nitrogens with zero attached hydrogens (tertiary/aromatic N) is 3. The number of rotatable bonds is 4. The van der Waals surface area contributed by atoms with E-state index in [0.29, 0.717) is 25.2 Å². The lowest BCUT2D eigenvalue weighted by Gasteiger charge is -2.23. The minimum atomic E-state index is -3.63. The minimum absolute atomic E-state index is 0.0258. The van der Waals surface area contributed by atoms with Crippen molar-refractivity contribution in [1.29, 1.82) is 0 Å². The van der Waals surface area contributed by atoms with E-state index >= 15 is 0 Å². The number of imidazole rings is 1. The quantitative estimate of drug-likeness (QED) is 0.826. The Morgan fingerprint density at radius 1 is 1.42 bits per heavy atom. The SMILES string of the molecule is CCCn1cc(S(=O)(=O)N2CCCC(=O)C2)nc1C. The van der Waals surface area contributed by atoms with Crippen LogP contribution >= 0.6 is 0 Å². The van der Waals surface area contributed by atoms with Gasteiger partial charge in [-0.3, -0.25) is 4.79 Å². The fourth-order valence-corrected chi connectivity index (χ4v) is 3.67. The molecule has 0 aliphatic carbocycles. The summed E-state index contributed by atoms with van der Waals surface area (Å²) < 4.78 is 27.9. The topological polar surface area (TPSA) is 72.3 Å². The number of ketones is 1. The lowest BCUT2D eigenvalue weighted by molar-refractivity contribution is -0.120. The van der Waals surface area contributed by atoms with Crippen LogP contribution in [0.1, 0.15) is 32.0 Å². The van der Waals surface area contributed by atoms with Crippen LogP contribution in [0.3, 0.4) is 0 Å². The highest BCUT2D eigenvalue weighted by molar-refractivity contribution is 7.89. The molecule has 0 bridgehead atoms. The fourth-order valence-electron chi connectivity index (χ4n) is 2.22. The van der Waals surface area contributed by atoms with E-state index in [4.69, 9.17) is 0 Å². The van der Waals surface area contributed by atoms with E-state index in [1.54, 1.807) is 13.1 Å². The summed E-state index contributed by atoms with van der Waals surface area (Å²) in [6.45, 7) is 4.93. The molecule has 1 aromatic rings. The van der Waals surface area contributed by atoms with Gasteiger partial charge in [-0.1, -0.05) is 6.92 Å². The first-order valence-corrected chi connectivity index (χ1v) is 7.94. The maximum absolute atomic E-state index is 12.4. The second-order valence-electron chi connectivity index (χ2n) is 4.80. The predicted octanol–water partition coefficient (Wildman–Crippen LogP) is 0.955. The Kier molecular flexibility index (Phi) is 4.05. The fraction of sp³-hybridized carbons (Fsp3) is 0.667. The van der Waals surface area contributed by atoms with Crippen LogP contribution in [0.5, 0.6) is 0 Å². The molecule has 0 saturated carbocycles. The minimum Gasteiger partial charge on any atom is -0.334 e. The molecule has 1 fully saturated rings. The molecule has 0 aromatic carbocycles. The molecule has 0 N–H and O–H groups in total. The molecule has 1 saturated heterocycles. The van der Waals surface area contributed by atoms with Crippen molar-refractivity contribution < 1.29 is 13.2 Å². The van der Waals surface area contributed by atoms with Crippen molar-refractivity contribution in [2.24, 2.45) is 0 Å². The number of hydrogen-bond donors (Lipinski definition) is 0. The van der Waals surface area contributed by atoms with Gasteiger partial charge in [-0.05, 0) is 19.8 Å². The van der Waals surface area contributed by atoms with Crippen molar-refractivity contribution >= 4 is 15.8 Å². The molecule has 2 heterocycles. The van der Waals surface area contributed by atoms with Gasteiger partial charge >= 0.3 is 0 Å². The van der Waals surface area contributed by atoms with Gasteiger partial charge in [0.1, 0.15) is 11.6 Å². The Morgan fingerprint density at radius 3 is 2.79 bits per heavy atom. The molecule has 19 heavy (non-hydrogen) atoms. The van der Waals surface area contributed by atoms with Crippen LogP contribution in [0.15, 0.2) is 11.2 Å². The second-order valence-corrected chi connectivity index (χ2v) is 6.69. The van der Waals surface area contributed by atoms with Crippen LogP contribution in [-0.2, 0) is 21.4 Å². The maximum atomic E-state index is 12.4. The molecule has 6 nitrogen and oxygen atoms in total. The van der Waals surface area contributed by atoms with Gasteiger partial charge in [0.2, 0.25) is 0 Å². The van der Waals surface area contributed by atoms with Crippen LogP contribution in [0.2, 0.25) is 0 Å². The number of aryl methyl sites for hydroxylation is 2. The zero-order valence-electron chi connectivity index (χ0n) is 11.3. The van der Waals surface area contributed by atoms with Gasteiger partial charge in [0.15, 0.2) is 5.03 Å². The first kappa shape index (κ1) is 14.2. The zero-order chi connectivity index (χ0) is 14.0. The van der Waals surface area contributed by atoms with Crippen molar-refractivity contribution in [3.8, 4) is 0 Å². The molecule has 1 aliphatic rings. The standard InChI is InChI=1S/C12H19N3O3S/c1-3-6-14-9-12(13-10(14)2)19(17,18)15-7-4-5-11(16)8-15/h9H,3-8H2,1-2H3. The summed E-state index contributed by atoms with van der Waals surface area (Å²) in [5, 5.41) is 0.0492. The third-order valence-corrected chi connectivity index (χ3v) is 4.96. The average molecular weight is 285 g/mol. The van der Waals surface area contributed by atoms with Gasteiger partial charge in [0, 0.05) is 25.7 Å². The number of Topliss-reactive ketones (excluding diaryl/α,β-unsaturated/α-hetero) is 1. The zero-order valence-corrected chi connectivity index (χ0v) is 12.1. The summed E-state index contributed by atoms with van der Waals surface area (Å²) in [4.78, 5) is 15.5. The normalized spacial score (nSPS) is 17.9. The van der Waals surface area contributed by atoms with Gasteiger partial charge in [-0.15, -0.1) is 0 Å². The summed E-state index contributed by atoms with van der Waals surface area (Å²) in [6, 6.07) is 0. The predicted molar refractivity (Wildman–Crippen MR) is 70.3 cm³/mol. The lowest BCUT2D eigenvalue weighted by atomic mass is 10.1. The average Bonchev–Trinajstić information content (AvgIpc) is 2.72. The maximum Gasteiger partial charge on any atom is 0.262 e. The smallest absolute Gasteiger partial charge is 0.262 e. The summed E-state index contributed by atoms with van der Waals surface area (Å²) in [7, 11) is -3.63. The van der Waals surface area contributed by atoms with E-state index in [2.05, 4.69) is 4.98 Å². The molecule has 0 radical (unpaired) electrons. The van der Waals surface area contributed by atoms with E-state index in [1.807, 2.05) is 11.5 Å². The summed E-state index contributed by atoms with van der Waals surface area (Å²) >= 11 is 0. The van der Waals surface area contributed by atoms with Crippen molar-refractivity contribution in [2.75, 3.05) is 13.1 Å². The van der Waals surface area contributed by atoms with Crippen LogP contribution in [0.25, 0.3) is 0 Å². The Balaban J connectivity index is 2.28. The van der Waals surface area contributed by atoms with Crippen molar-refractivity contribution in [1.82, 2.24) is 13.9 Å². The monoisotopic (exact) mass is 285 g/mol. The number of carbonyl (C=O) groups excluding carboxylic acids is 1. The Labute approximate surface area is 113 Å². The van der Waals surface area contributed by atoms with Crippen molar-refractivity contribution in [3.05, 3.63) is 12.0 Å². The molecule has 0 amide bonds. The molecular formula is C12H19N3O3S. The molecule has 1 aliphatic heterocycles. The van der Waals surface area contributed by atoms with E-state index in [9.17, 15) is 13.2 Å². The molecule has 2 rings (SSSR count). The largest absolute Gasteiger partial charge is 0.334 e. The molecule has 0 spiro atoms. The number of aromatic nitrogens is 2. The third-order valence-electron chi connectivity index (χ3n) is 3.24. The lowest BCUT2D eigenvalue weighted by Crippen LogP contribution is -2.40. The van der Waals surface area contributed by atoms with Crippen LogP contribution in [-0.4, -0.2) is 41.1 Å². The number of carbonyl (C=O) groups is 1.